The summed E-state index contributed by atoms with van der Waals surface area (Å²) in [6.07, 6.45) is -4.22. The molecule has 1 aromatic carbocycles. The highest BCUT2D eigenvalue weighted by atomic mass is 35.5. The number of allylic oxidation sites excluding steroid dienone is 1. The minimum Gasteiger partial charge on any atom is -0.435 e. The Bertz CT molecular complexity index is 1130. The third kappa shape index (κ3) is 6.22. The average Bonchev–Trinajstić information content (AvgIpc) is 3.07. The molecule has 2 saturated heterocycles. The van der Waals surface area contributed by atoms with Gasteiger partial charge in [0.05, 0.1) is 32.3 Å². The summed E-state index contributed by atoms with van der Waals surface area (Å²) >= 11 is 6.04. The number of ketones is 1. The Hall–Kier alpha value is -2.34. The highest BCUT2D eigenvalue weighted by molar-refractivity contribution is 7.48. The van der Waals surface area contributed by atoms with E-state index in [9.17, 15) is 18.9 Å². The molecule has 0 N–H and O–H groups in total. The quantitative estimate of drug-likeness (QED) is 0.271. The van der Waals surface area contributed by atoms with E-state index in [2.05, 4.69) is 0 Å². The number of nitrogens with zero attached hydrogens (tertiary/aromatic N) is 1. The minimum absolute atomic E-state index is 0.0305. The van der Waals surface area contributed by atoms with E-state index in [4.69, 9.17) is 39.4 Å². The van der Waals surface area contributed by atoms with E-state index < -0.39 is 68.9 Å². The van der Waals surface area contributed by atoms with Crippen molar-refractivity contribution in [1.29, 1.82) is 0 Å². The minimum atomic E-state index is -4.15. The summed E-state index contributed by atoms with van der Waals surface area (Å²) in [4.78, 5) is 36.9. The highest BCUT2D eigenvalue weighted by Gasteiger charge is 2.60. The van der Waals surface area contributed by atoms with E-state index in [-0.39, 0.29) is 13.2 Å². The molecule has 3 aliphatic heterocycles. The molecule has 0 bridgehead atoms. The summed E-state index contributed by atoms with van der Waals surface area (Å²) < 4.78 is 61.3. The second-order valence-corrected chi connectivity index (χ2v) is 10.7. The van der Waals surface area contributed by atoms with Crippen LogP contribution in [0.15, 0.2) is 36.5 Å². The predicted octanol–water partition coefficient (Wildman–Crippen LogP) is 4.25. The van der Waals surface area contributed by atoms with Crippen LogP contribution in [0.1, 0.15) is 38.4 Å². The van der Waals surface area contributed by atoms with E-state index in [1.807, 2.05) is 0 Å². The zero-order chi connectivity index (χ0) is 26.8. The van der Waals surface area contributed by atoms with Crippen LogP contribution in [-0.4, -0.2) is 66.7 Å². The number of benzene rings is 1. The molecule has 1 aromatic rings. The Morgan fingerprint density at radius 2 is 2.14 bits per heavy atom. The van der Waals surface area contributed by atoms with Crippen LogP contribution in [0.3, 0.4) is 0 Å². The number of carbonyl (C=O) groups excluding carboxylic acids is 3. The molecule has 3 aliphatic rings. The third-order valence-corrected chi connectivity index (χ3v) is 7.67. The summed E-state index contributed by atoms with van der Waals surface area (Å²) in [5.74, 6) is -1.15. The molecule has 0 unspecified atom stereocenters. The van der Waals surface area contributed by atoms with E-state index in [1.54, 1.807) is 31.2 Å². The molecular weight excluding hydrogens is 536 g/mol. The molecule has 6 atom stereocenters. The normalized spacial score (nSPS) is 34.0. The van der Waals surface area contributed by atoms with Crippen molar-refractivity contribution in [2.45, 2.75) is 56.9 Å². The summed E-state index contributed by atoms with van der Waals surface area (Å²) in [7, 11) is -4.15. The Balaban J connectivity index is 1.51. The van der Waals surface area contributed by atoms with Crippen LogP contribution >= 0.6 is 19.4 Å². The second-order valence-electron chi connectivity index (χ2n) is 8.67. The van der Waals surface area contributed by atoms with Gasteiger partial charge in [-0.2, -0.15) is 0 Å². The molecule has 4 rings (SSSR count). The van der Waals surface area contributed by atoms with Crippen LogP contribution in [0.25, 0.3) is 0 Å². The maximum absolute atomic E-state index is 16.1. The monoisotopic (exact) mass is 561 g/mol. The number of rotatable bonds is 7. The standard InChI is InChI=1S/C23H26ClFNO10P/c1-3-31-22(29)35-20-18(34-21(23(20,2)25)26-9-7-16(27)12-19(26)28)13-33-37(30)32-10-8-17(36-37)14-5-4-6-15(24)11-14/h4-7,9,11,17-18,20-21H,3,8,10,12-13H2,1-2H3/t17-,18+,20+,21+,23+,37+/m0/s1. The van der Waals surface area contributed by atoms with Crippen LogP contribution in [0.5, 0.6) is 0 Å². The van der Waals surface area contributed by atoms with Gasteiger partial charge in [-0.25, -0.2) is 13.8 Å². The number of hydrogen-bond acceptors (Lipinski definition) is 10. The topological polar surface area (TPSA) is 127 Å². The average molecular weight is 562 g/mol. The molecular formula is C23H26ClFNO10P. The summed E-state index contributed by atoms with van der Waals surface area (Å²) in [6, 6.07) is 6.82. The van der Waals surface area contributed by atoms with Gasteiger partial charge in [0, 0.05) is 17.6 Å². The van der Waals surface area contributed by atoms with Gasteiger partial charge in [0.15, 0.2) is 23.8 Å². The van der Waals surface area contributed by atoms with Gasteiger partial charge < -0.3 is 14.2 Å². The Kier molecular flexibility index (Phi) is 8.37. The largest absolute Gasteiger partial charge is 0.508 e. The molecule has 0 aromatic heterocycles. The van der Waals surface area contributed by atoms with E-state index in [0.717, 1.165) is 24.1 Å². The van der Waals surface area contributed by atoms with E-state index in [0.29, 0.717) is 17.0 Å². The fourth-order valence-electron chi connectivity index (χ4n) is 4.22. The number of alkyl halides is 1. The zero-order valence-electron chi connectivity index (χ0n) is 20.0. The Labute approximate surface area is 217 Å². The SMILES string of the molecule is CCOC(=O)O[C@@H]1[C@@H](CO[P@@]2(=O)OCC[C@@H](c3cccc(Cl)c3)O2)O[C@@H](N2C=CC(=O)CC2=O)[C@]1(C)F. The fraction of sp³-hybridized carbons (Fsp3) is 0.522. The van der Waals surface area contributed by atoms with E-state index >= 15 is 4.39 Å². The van der Waals surface area contributed by atoms with Gasteiger partial charge in [0.2, 0.25) is 5.91 Å². The van der Waals surface area contributed by atoms with E-state index in [1.165, 1.54) is 0 Å². The van der Waals surface area contributed by atoms with Crippen molar-refractivity contribution in [3.63, 3.8) is 0 Å². The molecule has 0 saturated carbocycles. The molecule has 0 radical (unpaired) electrons. The molecule has 2 fully saturated rings. The molecule has 0 aliphatic carbocycles. The number of hydrogen-bond donors (Lipinski definition) is 0. The summed E-state index contributed by atoms with van der Waals surface area (Å²) in [6.45, 7) is 2.05. The van der Waals surface area contributed by atoms with Crippen molar-refractivity contribution < 1.29 is 51.1 Å². The van der Waals surface area contributed by atoms with Gasteiger partial charge >= 0.3 is 14.0 Å². The highest BCUT2D eigenvalue weighted by Crippen LogP contribution is 2.57. The van der Waals surface area contributed by atoms with Crippen LogP contribution in [0.4, 0.5) is 9.18 Å². The number of carbonyl (C=O) groups is 3. The molecule has 0 spiro atoms. The Morgan fingerprint density at radius 3 is 2.84 bits per heavy atom. The van der Waals surface area contributed by atoms with Crippen molar-refractivity contribution in [2.75, 3.05) is 19.8 Å². The maximum atomic E-state index is 16.1. The predicted molar refractivity (Wildman–Crippen MR) is 125 cm³/mol. The molecule has 37 heavy (non-hydrogen) atoms. The maximum Gasteiger partial charge on any atom is 0.508 e. The van der Waals surface area contributed by atoms with Gasteiger partial charge in [-0.05, 0) is 37.6 Å². The van der Waals surface area contributed by atoms with Crippen LogP contribution < -0.4 is 0 Å². The summed E-state index contributed by atoms with van der Waals surface area (Å²) in [5, 5.41) is 0.470. The van der Waals surface area contributed by atoms with Crippen molar-refractivity contribution in [1.82, 2.24) is 4.90 Å². The van der Waals surface area contributed by atoms with Gasteiger partial charge in [-0.1, -0.05) is 23.7 Å². The lowest BCUT2D eigenvalue weighted by atomic mass is 9.97. The smallest absolute Gasteiger partial charge is 0.435 e. The lowest BCUT2D eigenvalue weighted by Gasteiger charge is -2.33. The molecule has 3 heterocycles. The first-order valence-corrected chi connectivity index (χ1v) is 13.4. The first-order valence-electron chi connectivity index (χ1n) is 11.6. The number of ether oxygens (including phenoxy) is 3. The Morgan fingerprint density at radius 1 is 1.35 bits per heavy atom. The van der Waals surface area contributed by atoms with Crippen LogP contribution in [0.2, 0.25) is 5.02 Å². The van der Waals surface area contributed by atoms with Gasteiger partial charge in [-0.3, -0.25) is 28.1 Å². The van der Waals surface area contributed by atoms with Crippen molar-refractivity contribution in [3.8, 4) is 0 Å². The third-order valence-electron chi connectivity index (χ3n) is 5.96. The summed E-state index contributed by atoms with van der Waals surface area (Å²) in [5.41, 5.74) is -1.80. The number of halogens is 2. The molecule has 14 heteroatoms. The first kappa shape index (κ1) is 27.7. The number of phosphoric acid groups is 1. The van der Waals surface area contributed by atoms with Crippen molar-refractivity contribution in [2.24, 2.45) is 0 Å². The van der Waals surface area contributed by atoms with Crippen molar-refractivity contribution in [3.05, 3.63) is 47.1 Å². The lowest BCUT2D eigenvalue weighted by Crippen LogP contribution is -2.52. The molecule has 1 amide bonds. The van der Waals surface area contributed by atoms with Gasteiger partial charge in [0.25, 0.3) is 0 Å². The molecule has 202 valence electrons. The fourth-order valence-corrected chi connectivity index (χ4v) is 5.81. The van der Waals surface area contributed by atoms with Gasteiger partial charge in [-0.15, -0.1) is 0 Å². The zero-order valence-corrected chi connectivity index (χ0v) is 21.7. The number of phosphoric ester groups is 1. The number of amides is 1. The first-order chi connectivity index (χ1) is 17.5. The van der Waals surface area contributed by atoms with Gasteiger partial charge in [0.1, 0.15) is 6.10 Å². The molecule has 11 nitrogen and oxygen atoms in total. The second kappa shape index (κ2) is 11.2. The lowest BCUT2D eigenvalue weighted by molar-refractivity contribution is -0.151. The van der Waals surface area contributed by atoms with Crippen molar-refractivity contribution >= 4 is 37.3 Å². The van der Waals surface area contributed by atoms with Crippen LogP contribution in [0, 0.1) is 0 Å². The van der Waals surface area contributed by atoms with Crippen LogP contribution in [-0.2, 0) is 41.9 Å².